The van der Waals surface area contributed by atoms with Gasteiger partial charge in [-0.3, -0.25) is 14.3 Å². The first-order chi connectivity index (χ1) is 13.4. The second-order valence-electron chi connectivity index (χ2n) is 7.39. The zero-order valence-corrected chi connectivity index (χ0v) is 16.1. The summed E-state index contributed by atoms with van der Waals surface area (Å²) in [6, 6.07) is 11.3. The first-order valence-corrected chi connectivity index (χ1v) is 9.24. The summed E-state index contributed by atoms with van der Waals surface area (Å²) >= 11 is 0. The normalized spacial score (nSPS) is 19.3. The van der Waals surface area contributed by atoms with E-state index in [1.165, 1.54) is 0 Å². The molecule has 1 aliphatic heterocycles. The lowest BCUT2D eigenvalue weighted by molar-refractivity contribution is -0.141. The number of hydrogen-bond donors (Lipinski definition) is 1. The van der Waals surface area contributed by atoms with Crippen molar-refractivity contribution in [2.24, 2.45) is 13.0 Å². The maximum Gasteiger partial charge on any atom is 0.308 e. The quantitative estimate of drug-likeness (QED) is 0.757. The number of carboxylic acids is 1. The molecule has 144 valence electrons. The van der Waals surface area contributed by atoms with Crippen LogP contribution < -0.4 is 0 Å². The number of aryl methyl sites for hydroxylation is 3. The summed E-state index contributed by atoms with van der Waals surface area (Å²) in [5, 5.41) is 14.8. The molecule has 4 rings (SSSR count). The van der Waals surface area contributed by atoms with Gasteiger partial charge in [-0.05, 0) is 25.5 Å². The minimum Gasteiger partial charge on any atom is -0.481 e. The Morgan fingerprint density at radius 2 is 1.86 bits per heavy atom. The summed E-state index contributed by atoms with van der Waals surface area (Å²) in [5.74, 6) is -1.90. The van der Waals surface area contributed by atoms with E-state index in [1.54, 1.807) is 22.7 Å². The van der Waals surface area contributed by atoms with E-state index in [0.717, 1.165) is 22.3 Å². The van der Waals surface area contributed by atoms with Crippen molar-refractivity contribution < 1.29 is 14.7 Å². The van der Waals surface area contributed by atoms with E-state index in [-0.39, 0.29) is 18.4 Å². The Labute approximate surface area is 162 Å². The number of rotatable bonds is 3. The van der Waals surface area contributed by atoms with Crippen LogP contribution >= 0.6 is 0 Å². The average Bonchev–Trinajstić information content (AvgIpc) is 3.23. The fourth-order valence-electron chi connectivity index (χ4n) is 4.17. The third-order valence-corrected chi connectivity index (χ3v) is 5.48. The van der Waals surface area contributed by atoms with Crippen molar-refractivity contribution in [2.45, 2.75) is 19.8 Å². The number of hydrogen-bond acceptors (Lipinski definition) is 4. The van der Waals surface area contributed by atoms with E-state index in [9.17, 15) is 14.7 Å². The van der Waals surface area contributed by atoms with Gasteiger partial charge in [-0.1, -0.05) is 30.3 Å². The lowest BCUT2D eigenvalue weighted by Crippen LogP contribution is -2.30. The third-order valence-electron chi connectivity index (χ3n) is 5.48. The Morgan fingerprint density at radius 1 is 1.14 bits per heavy atom. The number of benzene rings is 1. The van der Waals surface area contributed by atoms with Crippen LogP contribution in [0.3, 0.4) is 0 Å². The molecular weight excluding hydrogens is 356 g/mol. The van der Waals surface area contributed by atoms with E-state index in [2.05, 4.69) is 10.1 Å². The van der Waals surface area contributed by atoms with Gasteiger partial charge in [0.25, 0.3) is 5.91 Å². The van der Waals surface area contributed by atoms with Crippen molar-refractivity contribution in [3.05, 3.63) is 58.9 Å². The van der Waals surface area contributed by atoms with Crippen molar-refractivity contribution in [3.63, 3.8) is 0 Å². The fraction of sp³-hybridized carbons (Fsp3) is 0.333. The molecule has 1 aromatic carbocycles. The van der Waals surface area contributed by atoms with Crippen LogP contribution in [-0.2, 0) is 11.8 Å². The lowest BCUT2D eigenvalue weighted by atomic mass is 9.89. The van der Waals surface area contributed by atoms with Crippen LogP contribution in [-0.4, -0.2) is 49.7 Å². The largest absolute Gasteiger partial charge is 0.481 e. The number of carbonyl (C=O) groups is 2. The van der Waals surface area contributed by atoms with E-state index < -0.39 is 11.9 Å². The van der Waals surface area contributed by atoms with Gasteiger partial charge < -0.3 is 10.0 Å². The van der Waals surface area contributed by atoms with Gasteiger partial charge in [0, 0.05) is 31.7 Å². The fourth-order valence-corrected chi connectivity index (χ4v) is 4.17. The molecule has 0 saturated carbocycles. The van der Waals surface area contributed by atoms with Gasteiger partial charge in [0.15, 0.2) is 5.65 Å². The zero-order valence-electron chi connectivity index (χ0n) is 16.1. The maximum atomic E-state index is 13.4. The summed E-state index contributed by atoms with van der Waals surface area (Å²) in [4.78, 5) is 31.4. The number of aromatic nitrogens is 3. The summed E-state index contributed by atoms with van der Waals surface area (Å²) in [5.41, 5.74) is 3.61. The highest BCUT2D eigenvalue weighted by atomic mass is 16.4. The van der Waals surface area contributed by atoms with E-state index in [1.807, 2.05) is 44.2 Å². The molecule has 7 nitrogen and oxygen atoms in total. The van der Waals surface area contributed by atoms with Crippen molar-refractivity contribution in [1.29, 1.82) is 0 Å². The van der Waals surface area contributed by atoms with Crippen LogP contribution in [0.1, 0.15) is 33.2 Å². The average molecular weight is 378 g/mol. The molecule has 2 atom stereocenters. The van der Waals surface area contributed by atoms with Gasteiger partial charge in [-0.25, -0.2) is 4.98 Å². The van der Waals surface area contributed by atoms with Crippen LogP contribution in [0.2, 0.25) is 0 Å². The second kappa shape index (κ2) is 6.74. The minimum atomic E-state index is -0.877. The molecule has 0 radical (unpaired) electrons. The molecule has 1 fully saturated rings. The highest BCUT2D eigenvalue weighted by Gasteiger charge is 2.41. The predicted molar refractivity (Wildman–Crippen MR) is 104 cm³/mol. The molecule has 28 heavy (non-hydrogen) atoms. The van der Waals surface area contributed by atoms with Crippen molar-refractivity contribution in [1.82, 2.24) is 19.7 Å². The molecule has 7 heteroatoms. The predicted octanol–water partition coefficient (Wildman–Crippen LogP) is 2.53. The first kappa shape index (κ1) is 18.2. The number of likely N-dealkylation sites (tertiary alicyclic amines) is 1. The van der Waals surface area contributed by atoms with Gasteiger partial charge in [0.1, 0.15) is 0 Å². The number of pyridine rings is 1. The molecule has 0 spiro atoms. The number of amides is 1. The van der Waals surface area contributed by atoms with Gasteiger partial charge in [-0.2, -0.15) is 5.10 Å². The molecule has 2 unspecified atom stereocenters. The first-order valence-electron chi connectivity index (χ1n) is 9.24. The SMILES string of the molecule is Cc1cc(C(=O)N2CC(C(=O)O)C(c3ccccc3)C2)c2c(C)nn(C)c2n1. The number of aliphatic carboxylic acids is 1. The summed E-state index contributed by atoms with van der Waals surface area (Å²) < 4.78 is 1.67. The van der Waals surface area contributed by atoms with Crippen LogP contribution in [0.5, 0.6) is 0 Å². The van der Waals surface area contributed by atoms with E-state index in [4.69, 9.17) is 0 Å². The van der Waals surface area contributed by atoms with Crippen molar-refractivity contribution >= 4 is 22.9 Å². The summed E-state index contributed by atoms with van der Waals surface area (Å²) in [6.45, 7) is 4.26. The topological polar surface area (TPSA) is 88.3 Å². The highest BCUT2D eigenvalue weighted by Crippen LogP contribution is 2.34. The number of fused-ring (bicyclic) bond motifs is 1. The van der Waals surface area contributed by atoms with Crippen molar-refractivity contribution in [3.8, 4) is 0 Å². The Bertz CT molecular complexity index is 1070. The number of carbonyl (C=O) groups excluding carboxylic acids is 1. The molecule has 0 aliphatic carbocycles. The molecule has 1 amide bonds. The standard InChI is InChI=1S/C21H22N4O3/c1-12-9-15(18-13(2)23-24(3)19(18)22-12)20(26)25-10-16(17(11-25)21(27)28)14-7-5-4-6-8-14/h4-9,16-17H,10-11H2,1-3H3,(H,27,28). The number of nitrogens with zero attached hydrogens (tertiary/aromatic N) is 4. The maximum absolute atomic E-state index is 13.4. The summed E-state index contributed by atoms with van der Waals surface area (Å²) in [7, 11) is 1.80. The number of carboxylic acid groups (broad SMARTS) is 1. The minimum absolute atomic E-state index is 0.170. The molecule has 1 saturated heterocycles. The highest BCUT2D eigenvalue weighted by molar-refractivity contribution is 6.06. The van der Waals surface area contributed by atoms with Crippen LogP contribution in [0.25, 0.3) is 11.0 Å². The molecule has 3 heterocycles. The lowest BCUT2D eigenvalue weighted by Gasteiger charge is -2.17. The van der Waals surface area contributed by atoms with Crippen LogP contribution in [0.4, 0.5) is 0 Å². The smallest absolute Gasteiger partial charge is 0.308 e. The van der Waals surface area contributed by atoms with Gasteiger partial charge in [-0.15, -0.1) is 0 Å². The summed E-state index contributed by atoms with van der Waals surface area (Å²) in [6.07, 6.45) is 0. The van der Waals surface area contributed by atoms with E-state index >= 15 is 0 Å². The van der Waals surface area contributed by atoms with Gasteiger partial charge in [0.05, 0.1) is 22.6 Å². The Kier molecular flexibility index (Phi) is 4.37. The molecule has 0 bridgehead atoms. The molecule has 1 aliphatic rings. The van der Waals surface area contributed by atoms with Crippen LogP contribution in [0, 0.1) is 19.8 Å². The molecule has 1 N–H and O–H groups in total. The molecule has 2 aromatic heterocycles. The van der Waals surface area contributed by atoms with Crippen molar-refractivity contribution in [2.75, 3.05) is 13.1 Å². The zero-order chi connectivity index (χ0) is 20.0. The van der Waals surface area contributed by atoms with E-state index in [0.29, 0.717) is 17.8 Å². The Balaban J connectivity index is 1.73. The second-order valence-corrected chi connectivity index (χ2v) is 7.39. The van der Waals surface area contributed by atoms with Gasteiger partial charge >= 0.3 is 5.97 Å². The third kappa shape index (κ3) is 2.93. The molecule has 3 aromatic rings. The monoisotopic (exact) mass is 378 g/mol. The molecular formula is C21H22N4O3. The van der Waals surface area contributed by atoms with Crippen LogP contribution in [0.15, 0.2) is 36.4 Å². The Hall–Kier alpha value is -3.22. The van der Waals surface area contributed by atoms with Gasteiger partial charge in [0.2, 0.25) is 0 Å². The Morgan fingerprint density at radius 3 is 2.54 bits per heavy atom.